The van der Waals surface area contributed by atoms with Gasteiger partial charge in [-0.1, -0.05) is 17.3 Å². The molecular formula is C16H16N4OS. The molecule has 0 radical (unpaired) electrons. The Hall–Kier alpha value is -2.47. The Kier molecular flexibility index (Phi) is 4.02. The fraction of sp³-hybridized carbons (Fsp3) is 0.188. The van der Waals surface area contributed by atoms with Gasteiger partial charge in [-0.3, -0.25) is 4.79 Å². The Morgan fingerprint density at radius 1 is 1.27 bits per heavy atom. The van der Waals surface area contributed by atoms with Gasteiger partial charge < -0.3 is 5.32 Å². The van der Waals surface area contributed by atoms with Crippen molar-refractivity contribution in [2.45, 2.75) is 20.4 Å². The maximum Gasteiger partial charge on any atom is 0.273 e. The van der Waals surface area contributed by atoms with E-state index in [1.807, 2.05) is 42.6 Å². The fourth-order valence-electron chi connectivity index (χ4n) is 2.03. The molecule has 0 bridgehead atoms. The van der Waals surface area contributed by atoms with Crippen LogP contribution >= 0.6 is 11.3 Å². The van der Waals surface area contributed by atoms with Gasteiger partial charge in [-0.15, -0.1) is 16.4 Å². The molecule has 2 aromatic heterocycles. The largest absolute Gasteiger partial charge is 0.346 e. The van der Waals surface area contributed by atoms with Gasteiger partial charge in [-0.05, 0) is 48.6 Å². The van der Waals surface area contributed by atoms with Gasteiger partial charge in [0.1, 0.15) is 0 Å². The maximum absolute atomic E-state index is 12.1. The number of nitrogens with one attached hydrogen (secondary N) is 1. The molecule has 0 atom stereocenters. The molecule has 0 unspecified atom stereocenters. The zero-order valence-corrected chi connectivity index (χ0v) is 13.2. The predicted octanol–water partition coefficient (Wildman–Crippen LogP) is 2.88. The smallest absolute Gasteiger partial charge is 0.273 e. The highest BCUT2D eigenvalue weighted by Gasteiger charge is 2.11. The average molecular weight is 312 g/mol. The number of hydrogen-bond acceptors (Lipinski definition) is 4. The molecule has 22 heavy (non-hydrogen) atoms. The number of amides is 1. The van der Waals surface area contributed by atoms with Crippen molar-refractivity contribution in [1.82, 2.24) is 20.3 Å². The van der Waals surface area contributed by atoms with Crippen LogP contribution in [-0.2, 0) is 6.54 Å². The second kappa shape index (κ2) is 6.11. The van der Waals surface area contributed by atoms with Crippen molar-refractivity contribution in [3.8, 4) is 5.69 Å². The highest BCUT2D eigenvalue weighted by Crippen LogP contribution is 2.13. The van der Waals surface area contributed by atoms with Crippen LogP contribution in [0.1, 0.15) is 26.5 Å². The summed E-state index contributed by atoms with van der Waals surface area (Å²) in [5.41, 5.74) is 3.61. The number of benzene rings is 1. The van der Waals surface area contributed by atoms with Gasteiger partial charge in [-0.25, -0.2) is 4.68 Å². The first-order chi connectivity index (χ1) is 10.6. The van der Waals surface area contributed by atoms with Gasteiger partial charge in [0.25, 0.3) is 5.91 Å². The van der Waals surface area contributed by atoms with E-state index in [9.17, 15) is 4.79 Å². The number of aryl methyl sites for hydroxylation is 2. The number of thiophene rings is 1. The molecule has 0 saturated heterocycles. The lowest BCUT2D eigenvalue weighted by Crippen LogP contribution is -2.22. The zero-order valence-electron chi connectivity index (χ0n) is 12.4. The second-order valence-corrected chi connectivity index (χ2v) is 6.11. The van der Waals surface area contributed by atoms with E-state index in [0.717, 1.165) is 10.6 Å². The van der Waals surface area contributed by atoms with Gasteiger partial charge in [0, 0.05) is 4.88 Å². The third kappa shape index (κ3) is 3.07. The van der Waals surface area contributed by atoms with E-state index in [0.29, 0.717) is 12.2 Å². The van der Waals surface area contributed by atoms with Crippen LogP contribution in [0.25, 0.3) is 5.69 Å². The number of rotatable bonds is 4. The van der Waals surface area contributed by atoms with Gasteiger partial charge in [0.05, 0.1) is 18.4 Å². The molecule has 0 fully saturated rings. The molecule has 1 N–H and O–H groups in total. The number of nitrogens with zero attached hydrogens (tertiary/aromatic N) is 3. The third-order valence-electron chi connectivity index (χ3n) is 3.48. The Labute approximate surface area is 132 Å². The van der Waals surface area contributed by atoms with Crippen LogP contribution in [0.4, 0.5) is 0 Å². The Morgan fingerprint density at radius 2 is 2.14 bits per heavy atom. The van der Waals surface area contributed by atoms with Crippen molar-refractivity contribution < 1.29 is 4.79 Å². The molecule has 0 aliphatic carbocycles. The van der Waals surface area contributed by atoms with E-state index >= 15 is 0 Å². The predicted molar refractivity (Wildman–Crippen MR) is 86.3 cm³/mol. The van der Waals surface area contributed by atoms with Crippen LogP contribution < -0.4 is 5.32 Å². The Bertz CT molecular complexity index is 792. The maximum atomic E-state index is 12.1. The molecule has 5 nitrogen and oxygen atoms in total. The number of aromatic nitrogens is 3. The minimum Gasteiger partial charge on any atom is -0.346 e. The van der Waals surface area contributed by atoms with Crippen LogP contribution in [0.15, 0.2) is 41.9 Å². The summed E-state index contributed by atoms with van der Waals surface area (Å²) in [4.78, 5) is 13.2. The molecule has 0 aliphatic heterocycles. The number of carbonyl (C=O) groups excluding carboxylic acids is 1. The summed E-state index contributed by atoms with van der Waals surface area (Å²) >= 11 is 1.61. The van der Waals surface area contributed by atoms with Crippen molar-refractivity contribution in [3.05, 3.63) is 63.6 Å². The summed E-state index contributed by atoms with van der Waals surface area (Å²) in [5.74, 6) is -0.219. The molecule has 1 amide bonds. The molecule has 0 spiro atoms. The summed E-state index contributed by atoms with van der Waals surface area (Å²) < 4.78 is 1.62. The summed E-state index contributed by atoms with van der Waals surface area (Å²) in [6.07, 6.45) is 1.65. The molecule has 3 aromatic rings. The first-order valence-electron chi connectivity index (χ1n) is 6.94. The summed E-state index contributed by atoms with van der Waals surface area (Å²) in [7, 11) is 0. The average Bonchev–Trinajstić information content (AvgIpc) is 3.18. The molecule has 1 aromatic carbocycles. The van der Waals surface area contributed by atoms with E-state index in [1.165, 1.54) is 11.1 Å². The molecule has 0 saturated carbocycles. The molecular weight excluding hydrogens is 296 g/mol. The van der Waals surface area contributed by atoms with Crippen molar-refractivity contribution >= 4 is 17.2 Å². The van der Waals surface area contributed by atoms with Crippen LogP contribution in [0.5, 0.6) is 0 Å². The molecule has 0 aliphatic rings. The summed E-state index contributed by atoms with van der Waals surface area (Å²) in [6, 6.07) is 9.96. The third-order valence-corrected chi connectivity index (χ3v) is 4.36. The Balaban J connectivity index is 1.72. The first kappa shape index (κ1) is 14.5. The van der Waals surface area contributed by atoms with E-state index in [1.54, 1.807) is 22.2 Å². The normalized spacial score (nSPS) is 10.6. The highest BCUT2D eigenvalue weighted by atomic mass is 32.1. The van der Waals surface area contributed by atoms with Crippen molar-refractivity contribution in [3.63, 3.8) is 0 Å². The van der Waals surface area contributed by atoms with Gasteiger partial charge in [-0.2, -0.15) is 0 Å². The van der Waals surface area contributed by atoms with Crippen LogP contribution in [0.2, 0.25) is 0 Å². The zero-order chi connectivity index (χ0) is 15.5. The minimum atomic E-state index is -0.219. The summed E-state index contributed by atoms with van der Waals surface area (Å²) in [5, 5.41) is 12.8. The lowest BCUT2D eigenvalue weighted by molar-refractivity contribution is 0.0946. The van der Waals surface area contributed by atoms with E-state index in [2.05, 4.69) is 22.6 Å². The highest BCUT2D eigenvalue weighted by molar-refractivity contribution is 7.09. The lowest BCUT2D eigenvalue weighted by Gasteiger charge is -2.04. The monoisotopic (exact) mass is 312 g/mol. The second-order valence-electron chi connectivity index (χ2n) is 5.08. The molecule has 3 rings (SSSR count). The molecule has 2 heterocycles. The van der Waals surface area contributed by atoms with Gasteiger partial charge in [0.2, 0.25) is 0 Å². The van der Waals surface area contributed by atoms with Gasteiger partial charge >= 0.3 is 0 Å². The Morgan fingerprint density at radius 3 is 2.86 bits per heavy atom. The topological polar surface area (TPSA) is 59.8 Å². The van der Waals surface area contributed by atoms with Crippen LogP contribution in [0, 0.1) is 13.8 Å². The first-order valence-corrected chi connectivity index (χ1v) is 7.82. The fourth-order valence-corrected chi connectivity index (χ4v) is 2.68. The lowest BCUT2D eigenvalue weighted by atomic mass is 10.1. The van der Waals surface area contributed by atoms with Crippen molar-refractivity contribution in [1.29, 1.82) is 0 Å². The SMILES string of the molecule is Cc1ccc(-n2cc(C(=O)NCc3cccs3)nn2)cc1C. The minimum absolute atomic E-state index is 0.219. The standard InChI is InChI=1S/C16H16N4OS/c1-11-5-6-13(8-12(11)2)20-10-15(18-19-20)16(21)17-9-14-4-3-7-22-14/h3-8,10H,9H2,1-2H3,(H,17,21). The van der Waals surface area contributed by atoms with E-state index in [4.69, 9.17) is 0 Å². The molecule has 112 valence electrons. The van der Waals surface area contributed by atoms with Crippen molar-refractivity contribution in [2.24, 2.45) is 0 Å². The molecule has 6 heteroatoms. The van der Waals surface area contributed by atoms with E-state index < -0.39 is 0 Å². The van der Waals surface area contributed by atoms with Crippen LogP contribution in [-0.4, -0.2) is 20.9 Å². The van der Waals surface area contributed by atoms with Gasteiger partial charge in [0.15, 0.2) is 5.69 Å². The summed E-state index contributed by atoms with van der Waals surface area (Å²) in [6.45, 7) is 4.61. The van der Waals surface area contributed by atoms with Crippen molar-refractivity contribution in [2.75, 3.05) is 0 Å². The van der Waals surface area contributed by atoms with Crippen LogP contribution in [0.3, 0.4) is 0 Å². The quantitative estimate of drug-likeness (QED) is 0.806. The number of hydrogen-bond donors (Lipinski definition) is 1. The van der Waals surface area contributed by atoms with E-state index in [-0.39, 0.29) is 5.91 Å². The number of carbonyl (C=O) groups is 1.